The van der Waals surface area contributed by atoms with Gasteiger partial charge in [-0.25, -0.2) is 0 Å². The van der Waals surface area contributed by atoms with E-state index >= 15 is 0 Å². The zero-order valence-electron chi connectivity index (χ0n) is 13.4. The first-order chi connectivity index (χ1) is 9.95. The molecule has 6 atom stereocenters. The molecule has 0 bridgehead atoms. The van der Waals surface area contributed by atoms with Crippen LogP contribution in [0.4, 0.5) is 0 Å². The Morgan fingerprint density at radius 2 is 1.86 bits per heavy atom. The van der Waals surface area contributed by atoms with Gasteiger partial charge in [0.25, 0.3) is 0 Å². The normalized spacial score (nSPS) is 52.7. The lowest BCUT2D eigenvalue weighted by molar-refractivity contribution is -0.118. The second kappa shape index (κ2) is 4.44. The van der Waals surface area contributed by atoms with Crippen LogP contribution in [0, 0.1) is 28.6 Å². The Balaban J connectivity index is 1.69. The number of ketones is 1. The fourth-order valence-electron chi connectivity index (χ4n) is 6.53. The van der Waals surface area contributed by atoms with Gasteiger partial charge in [0, 0.05) is 6.42 Å². The van der Waals surface area contributed by atoms with Crippen molar-refractivity contribution < 1.29 is 9.90 Å². The highest BCUT2D eigenvalue weighted by Crippen LogP contribution is 2.65. The first-order valence-corrected chi connectivity index (χ1v) is 8.87. The maximum atomic E-state index is 11.8. The monoisotopic (exact) mass is 288 g/mol. The van der Waals surface area contributed by atoms with Crippen molar-refractivity contribution in [3.05, 3.63) is 11.6 Å². The lowest BCUT2D eigenvalue weighted by Crippen LogP contribution is -2.51. The molecule has 0 aromatic carbocycles. The minimum atomic E-state index is -0.0823. The molecule has 0 aromatic heterocycles. The summed E-state index contributed by atoms with van der Waals surface area (Å²) in [4.78, 5) is 11.8. The van der Waals surface area contributed by atoms with Crippen LogP contribution in [0.2, 0.25) is 0 Å². The highest BCUT2D eigenvalue weighted by atomic mass is 16.3. The van der Waals surface area contributed by atoms with Gasteiger partial charge >= 0.3 is 0 Å². The molecule has 0 aromatic rings. The Morgan fingerprint density at radius 1 is 1.05 bits per heavy atom. The summed E-state index contributed by atoms with van der Waals surface area (Å²) >= 11 is 0. The molecule has 4 rings (SSSR count). The minimum Gasteiger partial charge on any atom is -0.393 e. The molecule has 0 radical (unpaired) electrons. The second-order valence-electron chi connectivity index (χ2n) is 8.61. The number of allylic oxidation sites excluding steroid dienone is 1. The predicted octanol–water partition coefficient (Wildman–Crippen LogP) is 3.88. The van der Waals surface area contributed by atoms with Gasteiger partial charge in [-0.05, 0) is 79.6 Å². The summed E-state index contributed by atoms with van der Waals surface area (Å²) in [5.74, 6) is 2.57. The maximum Gasteiger partial charge on any atom is 0.155 e. The summed E-state index contributed by atoms with van der Waals surface area (Å²) < 4.78 is 0. The predicted molar refractivity (Wildman–Crippen MR) is 82.7 cm³/mol. The Morgan fingerprint density at radius 3 is 2.67 bits per heavy atom. The van der Waals surface area contributed by atoms with E-state index in [0.717, 1.165) is 37.5 Å². The van der Waals surface area contributed by atoms with Gasteiger partial charge < -0.3 is 5.11 Å². The number of aliphatic hydroxyl groups excluding tert-OH is 1. The Hall–Kier alpha value is -0.630. The van der Waals surface area contributed by atoms with E-state index in [4.69, 9.17) is 0 Å². The number of carbonyl (C=O) groups is 1. The molecule has 0 spiro atoms. The smallest absolute Gasteiger partial charge is 0.155 e. The molecule has 3 saturated carbocycles. The zero-order chi connectivity index (χ0) is 14.8. The minimum absolute atomic E-state index is 0.0823. The number of carbonyl (C=O) groups excluding carboxylic acids is 1. The van der Waals surface area contributed by atoms with Gasteiger partial charge in [0.15, 0.2) is 5.78 Å². The summed E-state index contributed by atoms with van der Waals surface area (Å²) in [6.45, 7) is 4.76. The van der Waals surface area contributed by atoms with Crippen molar-refractivity contribution in [3.63, 3.8) is 0 Å². The van der Waals surface area contributed by atoms with E-state index in [0.29, 0.717) is 11.7 Å². The summed E-state index contributed by atoms with van der Waals surface area (Å²) in [6, 6.07) is 0. The van der Waals surface area contributed by atoms with Crippen molar-refractivity contribution in [2.45, 2.75) is 71.3 Å². The first-order valence-electron chi connectivity index (χ1n) is 8.87. The first kappa shape index (κ1) is 14.0. The van der Waals surface area contributed by atoms with Crippen molar-refractivity contribution in [1.29, 1.82) is 0 Å². The third-order valence-electron chi connectivity index (χ3n) is 7.91. The van der Waals surface area contributed by atoms with Crippen molar-refractivity contribution in [2.24, 2.45) is 28.6 Å². The zero-order valence-corrected chi connectivity index (χ0v) is 13.4. The number of fused-ring (bicyclic) bond motifs is 5. The maximum absolute atomic E-state index is 11.8. The molecule has 2 heteroatoms. The molecular formula is C19H28O2. The van der Waals surface area contributed by atoms with Gasteiger partial charge in [0.2, 0.25) is 0 Å². The van der Waals surface area contributed by atoms with Crippen molar-refractivity contribution in [2.75, 3.05) is 0 Å². The molecule has 0 aliphatic heterocycles. The van der Waals surface area contributed by atoms with Gasteiger partial charge in [-0.1, -0.05) is 19.4 Å². The average molecular weight is 288 g/mol. The van der Waals surface area contributed by atoms with E-state index in [1.165, 1.54) is 31.3 Å². The lowest BCUT2D eigenvalue weighted by Gasteiger charge is -2.57. The fourth-order valence-corrected chi connectivity index (χ4v) is 6.53. The van der Waals surface area contributed by atoms with E-state index in [1.807, 2.05) is 6.08 Å². The van der Waals surface area contributed by atoms with Crippen LogP contribution in [0.3, 0.4) is 0 Å². The molecule has 0 heterocycles. The Labute approximate surface area is 128 Å². The van der Waals surface area contributed by atoms with Crippen LogP contribution in [-0.4, -0.2) is 17.0 Å². The summed E-state index contributed by atoms with van der Waals surface area (Å²) in [7, 11) is 0. The van der Waals surface area contributed by atoms with Crippen LogP contribution < -0.4 is 0 Å². The van der Waals surface area contributed by atoms with Crippen molar-refractivity contribution in [1.82, 2.24) is 0 Å². The van der Waals surface area contributed by atoms with E-state index in [1.54, 1.807) is 0 Å². The largest absolute Gasteiger partial charge is 0.393 e. The van der Waals surface area contributed by atoms with Gasteiger partial charge in [-0.15, -0.1) is 0 Å². The Bertz CT molecular complexity index is 508. The molecule has 4 aliphatic rings. The molecule has 0 amide bonds. The van der Waals surface area contributed by atoms with Gasteiger partial charge in [-0.3, -0.25) is 4.79 Å². The van der Waals surface area contributed by atoms with Crippen LogP contribution in [-0.2, 0) is 4.79 Å². The van der Waals surface area contributed by atoms with Crippen LogP contribution in [0.15, 0.2) is 11.6 Å². The standard InChI is InChI=1S/C19H28O2/c1-18-9-7-13(20)11-12(18)3-4-14-15-5-6-17(21)19(15,2)10-8-16(14)18/h11,14-17,21H,3-10H2,1-2H3/t14?,15?,16?,17?,18-,19-/m0/s1. The molecule has 21 heavy (non-hydrogen) atoms. The number of rotatable bonds is 0. The molecule has 3 fully saturated rings. The number of hydrogen-bond acceptors (Lipinski definition) is 2. The van der Waals surface area contributed by atoms with Gasteiger partial charge in [0.05, 0.1) is 6.10 Å². The number of aliphatic hydroxyl groups is 1. The molecule has 4 unspecified atom stereocenters. The van der Waals surface area contributed by atoms with Gasteiger partial charge in [-0.2, -0.15) is 0 Å². The lowest BCUT2D eigenvalue weighted by atomic mass is 9.47. The molecule has 116 valence electrons. The summed E-state index contributed by atoms with van der Waals surface area (Å²) in [6.07, 6.45) is 10.7. The SMILES string of the molecule is C[C@]12CCC3C(CCC4=CC(=O)CC[C@@]43C)C1CCC2O. The molecule has 1 N–H and O–H groups in total. The topological polar surface area (TPSA) is 37.3 Å². The van der Waals surface area contributed by atoms with Crippen LogP contribution in [0.25, 0.3) is 0 Å². The molecule has 0 saturated heterocycles. The van der Waals surface area contributed by atoms with Crippen LogP contribution >= 0.6 is 0 Å². The summed E-state index contributed by atoms with van der Waals surface area (Å²) in [5, 5.41) is 10.4. The van der Waals surface area contributed by atoms with Crippen LogP contribution in [0.1, 0.15) is 65.2 Å². The highest BCUT2D eigenvalue weighted by molar-refractivity contribution is 5.91. The van der Waals surface area contributed by atoms with Crippen molar-refractivity contribution in [3.8, 4) is 0 Å². The van der Waals surface area contributed by atoms with Crippen molar-refractivity contribution >= 4 is 5.78 Å². The van der Waals surface area contributed by atoms with E-state index in [-0.39, 0.29) is 16.9 Å². The highest BCUT2D eigenvalue weighted by Gasteiger charge is 2.58. The van der Waals surface area contributed by atoms with E-state index < -0.39 is 0 Å². The second-order valence-corrected chi connectivity index (χ2v) is 8.61. The molecule has 2 nitrogen and oxygen atoms in total. The van der Waals surface area contributed by atoms with Gasteiger partial charge in [0.1, 0.15) is 0 Å². The number of hydrogen-bond donors (Lipinski definition) is 1. The van der Waals surface area contributed by atoms with E-state index in [2.05, 4.69) is 13.8 Å². The third-order valence-corrected chi connectivity index (χ3v) is 7.91. The fraction of sp³-hybridized carbons (Fsp3) is 0.842. The Kier molecular flexibility index (Phi) is 2.96. The average Bonchev–Trinajstić information content (AvgIpc) is 2.76. The van der Waals surface area contributed by atoms with E-state index in [9.17, 15) is 9.90 Å². The quantitative estimate of drug-likeness (QED) is 0.734. The molecule has 4 aliphatic carbocycles. The summed E-state index contributed by atoms with van der Waals surface area (Å²) in [5.41, 5.74) is 1.89. The molecular weight excluding hydrogens is 260 g/mol. The third kappa shape index (κ3) is 1.78. The van der Waals surface area contributed by atoms with Crippen LogP contribution in [0.5, 0.6) is 0 Å².